The fourth-order valence-corrected chi connectivity index (χ4v) is 3.19. The van der Waals surface area contributed by atoms with Crippen LogP contribution in [0.3, 0.4) is 0 Å². The van der Waals surface area contributed by atoms with Gasteiger partial charge in [-0.2, -0.15) is 8.78 Å². The van der Waals surface area contributed by atoms with Crippen LogP contribution in [-0.2, 0) is 0 Å². The minimum absolute atomic E-state index is 0.0615. The van der Waals surface area contributed by atoms with Gasteiger partial charge in [0, 0.05) is 23.9 Å². The second-order valence-corrected chi connectivity index (χ2v) is 6.96. The van der Waals surface area contributed by atoms with Crippen molar-refractivity contribution < 1.29 is 18.6 Å². The summed E-state index contributed by atoms with van der Waals surface area (Å²) in [6, 6.07) is 10.1. The summed E-state index contributed by atoms with van der Waals surface area (Å²) in [4.78, 5) is 5.85. The van der Waals surface area contributed by atoms with Crippen molar-refractivity contribution in [1.29, 1.82) is 0 Å². The van der Waals surface area contributed by atoms with E-state index in [2.05, 4.69) is 33.4 Å². The first kappa shape index (κ1) is 21.1. The number of rotatable bonds is 9. The summed E-state index contributed by atoms with van der Waals surface area (Å²) >= 11 is 1.71. The highest BCUT2D eigenvalue weighted by Gasteiger charge is 2.11. The monoisotopic (exact) mass is 397 g/mol. The van der Waals surface area contributed by atoms with Crippen LogP contribution < -0.4 is 15.4 Å². The van der Waals surface area contributed by atoms with Gasteiger partial charge in [0.2, 0.25) is 0 Å². The minimum atomic E-state index is -2.86. The van der Waals surface area contributed by atoms with Crippen LogP contribution in [0.15, 0.2) is 46.8 Å². The molecule has 0 saturated heterocycles. The molecule has 0 spiro atoms. The van der Waals surface area contributed by atoms with E-state index in [-0.39, 0.29) is 12.3 Å². The summed E-state index contributed by atoms with van der Waals surface area (Å²) in [7, 11) is 0. The SMILES string of the molecule is CCNC(=NCC(C)c1cccs1)NCC(O)c1ccc(OC(F)F)cc1. The average molecular weight is 397 g/mol. The van der Waals surface area contributed by atoms with Crippen molar-refractivity contribution in [2.24, 2.45) is 4.99 Å². The molecule has 1 aromatic carbocycles. The first-order valence-electron chi connectivity index (χ1n) is 8.78. The lowest BCUT2D eigenvalue weighted by molar-refractivity contribution is -0.0498. The van der Waals surface area contributed by atoms with Gasteiger partial charge in [-0.15, -0.1) is 11.3 Å². The third kappa shape index (κ3) is 7.15. The number of hydrogen-bond acceptors (Lipinski definition) is 4. The maximum absolute atomic E-state index is 12.2. The Hall–Kier alpha value is -2.19. The van der Waals surface area contributed by atoms with Gasteiger partial charge in [-0.25, -0.2) is 0 Å². The van der Waals surface area contributed by atoms with Gasteiger partial charge in [-0.1, -0.05) is 25.1 Å². The zero-order chi connectivity index (χ0) is 19.6. The van der Waals surface area contributed by atoms with Crippen molar-refractivity contribution in [3.63, 3.8) is 0 Å². The Balaban J connectivity index is 1.89. The zero-order valence-corrected chi connectivity index (χ0v) is 16.2. The van der Waals surface area contributed by atoms with E-state index in [0.29, 0.717) is 30.5 Å². The summed E-state index contributed by atoms with van der Waals surface area (Å²) in [5.74, 6) is 0.997. The molecule has 5 nitrogen and oxygen atoms in total. The molecule has 0 aliphatic rings. The Morgan fingerprint density at radius 1 is 1.22 bits per heavy atom. The molecule has 2 aromatic rings. The molecule has 27 heavy (non-hydrogen) atoms. The smallest absolute Gasteiger partial charge is 0.387 e. The van der Waals surface area contributed by atoms with E-state index in [1.807, 2.05) is 18.4 Å². The van der Waals surface area contributed by atoms with Crippen molar-refractivity contribution in [2.75, 3.05) is 19.6 Å². The first-order chi connectivity index (χ1) is 13.0. The molecule has 1 aromatic heterocycles. The number of nitrogens with zero attached hydrogens (tertiary/aromatic N) is 1. The van der Waals surface area contributed by atoms with Crippen LogP contribution in [0.2, 0.25) is 0 Å². The van der Waals surface area contributed by atoms with Gasteiger partial charge in [-0.05, 0) is 36.1 Å². The van der Waals surface area contributed by atoms with Crippen LogP contribution in [0.25, 0.3) is 0 Å². The number of halogens is 2. The molecule has 0 aliphatic heterocycles. The molecular weight excluding hydrogens is 372 g/mol. The molecule has 0 aliphatic carbocycles. The zero-order valence-electron chi connectivity index (χ0n) is 15.4. The van der Waals surface area contributed by atoms with Gasteiger partial charge in [0.25, 0.3) is 0 Å². The Labute approximate surface area is 162 Å². The number of thiophene rings is 1. The number of aliphatic hydroxyl groups excluding tert-OH is 1. The predicted molar refractivity (Wildman–Crippen MR) is 105 cm³/mol. The normalized spacial score (nSPS) is 14.1. The predicted octanol–water partition coefficient (Wildman–Crippen LogP) is 3.74. The largest absolute Gasteiger partial charge is 0.435 e. The van der Waals surface area contributed by atoms with E-state index in [0.717, 1.165) is 0 Å². The summed E-state index contributed by atoms with van der Waals surface area (Å²) in [5, 5.41) is 18.6. The van der Waals surface area contributed by atoms with Gasteiger partial charge in [0.15, 0.2) is 5.96 Å². The number of benzene rings is 1. The second kappa shape index (κ2) is 10.8. The molecule has 3 N–H and O–H groups in total. The Morgan fingerprint density at radius 2 is 1.96 bits per heavy atom. The van der Waals surface area contributed by atoms with Crippen LogP contribution in [0, 0.1) is 0 Å². The quantitative estimate of drug-likeness (QED) is 0.445. The van der Waals surface area contributed by atoms with E-state index in [4.69, 9.17) is 0 Å². The van der Waals surface area contributed by atoms with Gasteiger partial charge in [0.05, 0.1) is 12.6 Å². The van der Waals surface area contributed by atoms with Gasteiger partial charge < -0.3 is 20.5 Å². The molecule has 148 valence electrons. The molecule has 2 rings (SSSR count). The van der Waals surface area contributed by atoms with E-state index in [1.54, 1.807) is 23.5 Å². The van der Waals surface area contributed by atoms with Gasteiger partial charge in [-0.3, -0.25) is 4.99 Å². The topological polar surface area (TPSA) is 65.9 Å². The highest BCUT2D eigenvalue weighted by Crippen LogP contribution is 2.21. The fourth-order valence-electron chi connectivity index (χ4n) is 2.41. The van der Waals surface area contributed by atoms with Gasteiger partial charge >= 0.3 is 6.61 Å². The number of guanidine groups is 1. The van der Waals surface area contributed by atoms with Crippen molar-refractivity contribution >= 4 is 17.3 Å². The Bertz CT molecular complexity index is 693. The molecule has 0 radical (unpaired) electrons. The number of aliphatic hydroxyl groups is 1. The Morgan fingerprint density at radius 3 is 2.56 bits per heavy atom. The van der Waals surface area contributed by atoms with E-state index >= 15 is 0 Å². The molecular formula is C19H25F2N3O2S. The fraction of sp³-hybridized carbons (Fsp3) is 0.421. The molecule has 1 heterocycles. The maximum Gasteiger partial charge on any atom is 0.387 e. The lowest BCUT2D eigenvalue weighted by Gasteiger charge is -2.16. The molecule has 0 fully saturated rings. The number of nitrogens with one attached hydrogen (secondary N) is 2. The van der Waals surface area contributed by atoms with E-state index < -0.39 is 12.7 Å². The van der Waals surface area contributed by atoms with E-state index in [1.165, 1.54) is 17.0 Å². The third-order valence-electron chi connectivity index (χ3n) is 3.85. The van der Waals surface area contributed by atoms with E-state index in [9.17, 15) is 13.9 Å². The summed E-state index contributed by atoms with van der Waals surface area (Å²) < 4.78 is 28.7. The van der Waals surface area contributed by atoms with Crippen LogP contribution in [-0.4, -0.2) is 37.3 Å². The lowest BCUT2D eigenvalue weighted by atomic mass is 10.1. The summed E-state index contributed by atoms with van der Waals surface area (Å²) in [6.07, 6.45) is -0.802. The number of ether oxygens (including phenoxy) is 1. The van der Waals surface area contributed by atoms with Gasteiger partial charge in [0.1, 0.15) is 5.75 Å². The average Bonchev–Trinajstić information content (AvgIpc) is 3.18. The van der Waals surface area contributed by atoms with Crippen molar-refractivity contribution in [2.45, 2.75) is 32.5 Å². The minimum Gasteiger partial charge on any atom is -0.435 e. The third-order valence-corrected chi connectivity index (χ3v) is 4.95. The molecule has 2 atom stereocenters. The maximum atomic E-state index is 12.2. The number of aliphatic imine (C=N–C) groups is 1. The first-order valence-corrected chi connectivity index (χ1v) is 9.66. The van der Waals surface area contributed by atoms with Crippen LogP contribution in [0.1, 0.15) is 36.3 Å². The van der Waals surface area contributed by atoms with Crippen molar-refractivity contribution in [1.82, 2.24) is 10.6 Å². The van der Waals surface area contributed by atoms with Crippen molar-refractivity contribution in [3.8, 4) is 5.75 Å². The standard InChI is InChI=1S/C19H25F2N3O2S/c1-3-22-19(23-11-13(2)17-5-4-10-27-17)24-12-16(25)14-6-8-15(9-7-14)26-18(20)21/h4-10,13,16,18,25H,3,11-12H2,1-2H3,(H2,22,23,24). The molecule has 0 bridgehead atoms. The lowest BCUT2D eigenvalue weighted by Crippen LogP contribution is -2.39. The van der Waals surface area contributed by atoms with Crippen LogP contribution >= 0.6 is 11.3 Å². The number of hydrogen-bond donors (Lipinski definition) is 3. The van der Waals surface area contributed by atoms with Crippen molar-refractivity contribution in [3.05, 3.63) is 52.2 Å². The highest BCUT2D eigenvalue weighted by molar-refractivity contribution is 7.10. The second-order valence-electron chi connectivity index (χ2n) is 5.98. The van der Waals surface area contributed by atoms with Crippen LogP contribution in [0.4, 0.5) is 8.78 Å². The summed E-state index contributed by atoms with van der Waals surface area (Å²) in [6.45, 7) is 2.81. The molecule has 8 heteroatoms. The number of alkyl halides is 2. The summed E-state index contributed by atoms with van der Waals surface area (Å²) in [5.41, 5.74) is 0.604. The highest BCUT2D eigenvalue weighted by atomic mass is 32.1. The van der Waals surface area contributed by atoms with Crippen LogP contribution in [0.5, 0.6) is 5.75 Å². The molecule has 0 saturated carbocycles. The molecule has 0 amide bonds. The Kier molecular flexibility index (Phi) is 8.47. The molecule has 2 unspecified atom stereocenters.